The number of ether oxygens (including phenoxy) is 1. The lowest BCUT2D eigenvalue weighted by molar-refractivity contribution is -0.147. The molecule has 0 bridgehead atoms. The Morgan fingerprint density at radius 3 is 2.96 bits per heavy atom. The van der Waals surface area contributed by atoms with Crippen LogP contribution in [0.4, 0.5) is 0 Å². The van der Waals surface area contributed by atoms with Crippen molar-refractivity contribution >= 4 is 17.7 Å². The number of aryl methyl sites for hydroxylation is 2. The number of hydrogen-bond donors (Lipinski definition) is 1. The summed E-state index contributed by atoms with van der Waals surface area (Å²) in [4.78, 5) is 33.5. The van der Waals surface area contributed by atoms with Gasteiger partial charge in [-0.1, -0.05) is 0 Å². The number of carbonyl (C=O) groups is 2. The lowest BCUT2D eigenvalue weighted by Crippen LogP contribution is -2.46. The number of aromatic nitrogens is 4. The van der Waals surface area contributed by atoms with Crippen LogP contribution < -0.4 is 0 Å². The molecule has 0 spiro atoms. The van der Waals surface area contributed by atoms with Gasteiger partial charge in [0.1, 0.15) is 6.33 Å². The third-order valence-corrected chi connectivity index (χ3v) is 4.47. The van der Waals surface area contributed by atoms with Crippen molar-refractivity contribution < 1.29 is 19.4 Å². The fourth-order valence-electron chi connectivity index (χ4n) is 3.17. The molecular formula is C16H21N5O4. The van der Waals surface area contributed by atoms with Crippen LogP contribution >= 0.6 is 0 Å². The first-order valence-corrected chi connectivity index (χ1v) is 8.22. The number of carboxylic acids is 1. The maximum absolute atomic E-state index is 12.5. The first kappa shape index (κ1) is 17.3. The molecule has 134 valence electrons. The molecule has 0 radical (unpaired) electrons. The molecule has 1 aliphatic heterocycles. The van der Waals surface area contributed by atoms with Gasteiger partial charge in [0.25, 0.3) is 5.78 Å². The molecule has 3 rings (SSSR count). The van der Waals surface area contributed by atoms with Crippen molar-refractivity contribution in [2.75, 3.05) is 19.7 Å². The van der Waals surface area contributed by atoms with Crippen LogP contribution in [0.5, 0.6) is 0 Å². The van der Waals surface area contributed by atoms with Crippen LogP contribution in [0.15, 0.2) is 6.33 Å². The summed E-state index contributed by atoms with van der Waals surface area (Å²) < 4.78 is 7.08. The molecular weight excluding hydrogens is 326 g/mol. The highest BCUT2D eigenvalue weighted by Gasteiger charge is 2.26. The molecule has 1 aliphatic rings. The second-order valence-electron chi connectivity index (χ2n) is 6.16. The van der Waals surface area contributed by atoms with E-state index in [0.717, 1.165) is 17.0 Å². The first-order valence-electron chi connectivity index (χ1n) is 8.22. The van der Waals surface area contributed by atoms with Gasteiger partial charge < -0.3 is 14.7 Å². The minimum absolute atomic E-state index is 0.00354. The van der Waals surface area contributed by atoms with Gasteiger partial charge >= 0.3 is 5.97 Å². The number of hydrogen-bond acceptors (Lipinski definition) is 6. The average molecular weight is 347 g/mol. The zero-order chi connectivity index (χ0) is 18.0. The Labute approximate surface area is 144 Å². The van der Waals surface area contributed by atoms with Crippen LogP contribution in [0.2, 0.25) is 0 Å². The molecule has 1 amide bonds. The number of aliphatic carboxylic acids is 1. The highest BCUT2D eigenvalue weighted by atomic mass is 16.5. The molecule has 1 fully saturated rings. The quantitative estimate of drug-likeness (QED) is 0.832. The molecule has 2 aromatic rings. The summed E-state index contributed by atoms with van der Waals surface area (Å²) in [6.07, 6.45) is 1.82. The highest BCUT2D eigenvalue weighted by Crippen LogP contribution is 2.16. The van der Waals surface area contributed by atoms with E-state index in [1.54, 1.807) is 9.42 Å². The summed E-state index contributed by atoms with van der Waals surface area (Å²) in [6.45, 7) is 5.03. The maximum Gasteiger partial charge on any atom is 0.306 e. The first-order chi connectivity index (χ1) is 12.0. The van der Waals surface area contributed by atoms with Gasteiger partial charge in [-0.05, 0) is 25.8 Å². The minimum Gasteiger partial charge on any atom is -0.481 e. The predicted octanol–water partition coefficient (Wildman–Crippen LogP) is 0.376. The molecule has 9 nitrogen and oxygen atoms in total. The third-order valence-electron chi connectivity index (χ3n) is 4.47. The lowest BCUT2D eigenvalue weighted by Gasteiger charge is -2.32. The van der Waals surface area contributed by atoms with Gasteiger partial charge in [0, 0.05) is 30.9 Å². The van der Waals surface area contributed by atoms with Crippen LogP contribution in [-0.2, 0) is 20.7 Å². The van der Waals surface area contributed by atoms with E-state index in [1.165, 1.54) is 6.33 Å². The molecule has 1 atom stereocenters. The van der Waals surface area contributed by atoms with E-state index in [2.05, 4.69) is 15.1 Å². The standard InChI is InChI=1S/C16H21N5O4/c1-10-13(11(2)21-16(19-10)17-9-18-21)3-4-14(22)20-5-6-25-12(8-20)7-15(23)24/h9,12H,3-8H2,1-2H3,(H,23,24). The second-order valence-corrected chi connectivity index (χ2v) is 6.16. The van der Waals surface area contributed by atoms with E-state index in [4.69, 9.17) is 9.84 Å². The molecule has 1 N–H and O–H groups in total. The summed E-state index contributed by atoms with van der Waals surface area (Å²) in [5, 5.41) is 13.0. The Kier molecular flexibility index (Phi) is 4.93. The van der Waals surface area contributed by atoms with Gasteiger partial charge in [-0.25, -0.2) is 9.50 Å². The number of morpholine rings is 1. The molecule has 1 unspecified atom stereocenters. The summed E-state index contributed by atoms with van der Waals surface area (Å²) in [5.74, 6) is -0.372. The SMILES string of the molecule is Cc1nc2ncnn2c(C)c1CCC(=O)N1CCOC(CC(=O)O)C1. The molecule has 1 saturated heterocycles. The van der Waals surface area contributed by atoms with E-state index in [0.29, 0.717) is 38.3 Å². The Hall–Kier alpha value is -2.55. The van der Waals surface area contributed by atoms with Crippen LogP contribution in [-0.4, -0.2) is 67.3 Å². The number of amides is 1. The third kappa shape index (κ3) is 3.76. The van der Waals surface area contributed by atoms with E-state index >= 15 is 0 Å². The van der Waals surface area contributed by atoms with Crippen LogP contribution in [0.25, 0.3) is 5.78 Å². The van der Waals surface area contributed by atoms with E-state index in [9.17, 15) is 9.59 Å². The largest absolute Gasteiger partial charge is 0.481 e. The van der Waals surface area contributed by atoms with Crippen molar-refractivity contribution in [1.29, 1.82) is 0 Å². The van der Waals surface area contributed by atoms with Crippen LogP contribution in [0, 0.1) is 13.8 Å². The van der Waals surface area contributed by atoms with Gasteiger partial charge in [-0.3, -0.25) is 9.59 Å². The summed E-state index contributed by atoms with van der Waals surface area (Å²) >= 11 is 0. The second kappa shape index (κ2) is 7.14. The van der Waals surface area contributed by atoms with Gasteiger partial charge in [0.2, 0.25) is 5.91 Å². The topological polar surface area (TPSA) is 110 Å². The number of carboxylic acid groups (broad SMARTS) is 1. The molecule has 0 aromatic carbocycles. The highest BCUT2D eigenvalue weighted by molar-refractivity contribution is 5.77. The normalized spacial score (nSPS) is 17.8. The van der Waals surface area contributed by atoms with Crippen molar-refractivity contribution in [1.82, 2.24) is 24.5 Å². The zero-order valence-corrected chi connectivity index (χ0v) is 14.3. The number of fused-ring (bicyclic) bond motifs is 1. The molecule has 3 heterocycles. The average Bonchev–Trinajstić information content (AvgIpc) is 3.02. The number of nitrogens with zero attached hydrogens (tertiary/aromatic N) is 5. The molecule has 0 aliphatic carbocycles. The molecule has 2 aromatic heterocycles. The van der Waals surface area contributed by atoms with Crippen molar-refractivity contribution in [3.63, 3.8) is 0 Å². The predicted molar refractivity (Wildman–Crippen MR) is 87.1 cm³/mol. The zero-order valence-electron chi connectivity index (χ0n) is 14.3. The monoisotopic (exact) mass is 347 g/mol. The molecule has 25 heavy (non-hydrogen) atoms. The van der Waals surface area contributed by atoms with Crippen molar-refractivity contribution in [3.8, 4) is 0 Å². The van der Waals surface area contributed by atoms with Crippen LogP contribution in [0.1, 0.15) is 29.8 Å². The summed E-state index contributed by atoms with van der Waals surface area (Å²) in [6, 6.07) is 0. The fraction of sp³-hybridized carbons (Fsp3) is 0.562. The Balaban J connectivity index is 1.65. The van der Waals surface area contributed by atoms with Gasteiger partial charge in [-0.2, -0.15) is 10.1 Å². The Morgan fingerprint density at radius 1 is 1.40 bits per heavy atom. The molecule has 9 heteroatoms. The van der Waals surface area contributed by atoms with Crippen LogP contribution in [0.3, 0.4) is 0 Å². The maximum atomic E-state index is 12.5. The summed E-state index contributed by atoms with van der Waals surface area (Å²) in [7, 11) is 0. The van der Waals surface area contributed by atoms with E-state index in [1.807, 2.05) is 13.8 Å². The van der Waals surface area contributed by atoms with Gasteiger partial charge in [-0.15, -0.1) is 0 Å². The Bertz CT molecular complexity index is 803. The van der Waals surface area contributed by atoms with E-state index in [-0.39, 0.29) is 12.3 Å². The number of carbonyl (C=O) groups excluding carboxylic acids is 1. The van der Waals surface area contributed by atoms with Gasteiger partial charge in [0.05, 0.1) is 19.1 Å². The van der Waals surface area contributed by atoms with Crippen molar-refractivity contribution in [3.05, 3.63) is 23.3 Å². The van der Waals surface area contributed by atoms with E-state index < -0.39 is 12.1 Å². The minimum atomic E-state index is -0.919. The number of rotatable bonds is 5. The fourth-order valence-corrected chi connectivity index (χ4v) is 3.17. The van der Waals surface area contributed by atoms with Crippen molar-refractivity contribution in [2.24, 2.45) is 0 Å². The summed E-state index contributed by atoms with van der Waals surface area (Å²) in [5.41, 5.74) is 2.76. The Morgan fingerprint density at radius 2 is 2.20 bits per heavy atom. The van der Waals surface area contributed by atoms with Crippen molar-refractivity contribution in [2.45, 2.75) is 39.2 Å². The van der Waals surface area contributed by atoms with Gasteiger partial charge in [0.15, 0.2) is 0 Å². The lowest BCUT2D eigenvalue weighted by atomic mass is 10.1. The molecule has 0 saturated carbocycles. The smallest absolute Gasteiger partial charge is 0.306 e.